The van der Waals surface area contributed by atoms with E-state index in [2.05, 4.69) is 29.1 Å². The number of alkyl halides is 1. The van der Waals surface area contributed by atoms with Gasteiger partial charge >= 0.3 is 0 Å². The van der Waals surface area contributed by atoms with Gasteiger partial charge in [0.15, 0.2) is 0 Å². The topological polar surface area (TPSA) is 16.1 Å². The molecule has 0 radical (unpaired) electrons. The van der Waals surface area contributed by atoms with Crippen molar-refractivity contribution in [2.45, 2.75) is 32.2 Å². The molecule has 1 heterocycles. The van der Waals surface area contributed by atoms with Crippen molar-refractivity contribution < 1.29 is 0 Å². The average Bonchev–Trinajstić information content (AvgIpc) is 2.30. The van der Waals surface area contributed by atoms with Crippen molar-refractivity contribution in [3.8, 4) is 0 Å². The van der Waals surface area contributed by atoms with E-state index >= 15 is 0 Å². The van der Waals surface area contributed by atoms with Crippen molar-refractivity contribution in [3.63, 3.8) is 0 Å². The highest BCUT2D eigenvalue weighted by Crippen LogP contribution is 2.05. The maximum Gasteiger partial charge on any atom is 0.0271 e. The van der Waals surface area contributed by atoms with Crippen LogP contribution in [0.4, 0.5) is 0 Å². The molecule has 0 amide bonds. The quantitative estimate of drug-likeness (QED) is 0.512. The molecule has 0 aliphatic heterocycles. The van der Waals surface area contributed by atoms with Gasteiger partial charge in [-0.15, -0.1) is 11.6 Å². The molecule has 0 spiro atoms. The van der Waals surface area contributed by atoms with Crippen LogP contribution in [0.1, 0.15) is 31.2 Å². The Morgan fingerprint density at radius 1 is 1.12 bits per heavy atom. The lowest BCUT2D eigenvalue weighted by Gasteiger charge is -2.16. The van der Waals surface area contributed by atoms with Crippen LogP contribution >= 0.6 is 11.6 Å². The fourth-order valence-electron chi connectivity index (χ4n) is 1.71. The third-order valence-electron chi connectivity index (χ3n) is 2.63. The molecule has 0 unspecified atom stereocenters. The van der Waals surface area contributed by atoms with Gasteiger partial charge in [0.2, 0.25) is 0 Å². The summed E-state index contributed by atoms with van der Waals surface area (Å²) in [7, 11) is 2.17. The van der Waals surface area contributed by atoms with Crippen LogP contribution in [-0.4, -0.2) is 29.4 Å². The second-order valence-electron chi connectivity index (χ2n) is 4.20. The van der Waals surface area contributed by atoms with Crippen molar-refractivity contribution in [3.05, 3.63) is 30.1 Å². The summed E-state index contributed by atoms with van der Waals surface area (Å²) in [6, 6.07) is 4.15. The van der Waals surface area contributed by atoms with Gasteiger partial charge in [-0.1, -0.05) is 12.8 Å². The van der Waals surface area contributed by atoms with Crippen LogP contribution in [0.5, 0.6) is 0 Å². The van der Waals surface area contributed by atoms with Crippen LogP contribution in [0.15, 0.2) is 24.5 Å². The minimum absolute atomic E-state index is 0.798. The summed E-state index contributed by atoms with van der Waals surface area (Å²) in [6.07, 6.45) is 8.65. The molecule has 3 heteroatoms. The maximum absolute atomic E-state index is 5.63. The highest BCUT2D eigenvalue weighted by molar-refractivity contribution is 6.17. The number of aromatic nitrogens is 1. The summed E-state index contributed by atoms with van der Waals surface area (Å²) in [4.78, 5) is 6.37. The molecule has 1 rings (SSSR count). The molecule has 1 aromatic rings. The Balaban J connectivity index is 2.09. The van der Waals surface area contributed by atoms with E-state index in [9.17, 15) is 0 Å². The Morgan fingerprint density at radius 3 is 2.50 bits per heavy atom. The van der Waals surface area contributed by atoms with Gasteiger partial charge in [0.1, 0.15) is 0 Å². The second-order valence-corrected chi connectivity index (χ2v) is 4.57. The van der Waals surface area contributed by atoms with Gasteiger partial charge in [0.05, 0.1) is 0 Å². The predicted octanol–water partition coefficient (Wildman–Crippen LogP) is 3.31. The van der Waals surface area contributed by atoms with E-state index in [4.69, 9.17) is 11.6 Å². The van der Waals surface area contributed by atoms with Gasteiger partial charge in [-0.05, 0) is 44.1 Å². The highest BCUT2D eigenvalue weighted by atomic mass is 35.5. The molecule has 0 atom stereocenters. The van der Waals surface area contributed by atoms with Crippen LogP contribution in [-0.2, 0) is 6.54 Å². The van der Waals surface area contributed by atoms with Crippen LogP contribution in [0.3, 0.4) is 0 Å². The third kappa shape index (κ3) is 6.09. The lowest BCUT2D eigenvalue weighted by molar-refractivity contribution is 0.317. The smallest absolute Gasteiger partial charge is 0.0271 e. The Hall–Kier alpha value is -0.600. The summed E-state index contributed by atoms with van der Waals surface area (Å²) in [5, 5.41) is 0. The molecule has 0 aliphatic carbocycles. The monoisotopic (exact) mass is 240 g/mol. The zero-order valence-electron chi connectivity index (χ0n) is 10.0. The van der Waals surface area contributed by atoms with E-state index < -0.39 is 0 Å². The first-order chi connectivity index (χ1) is 7.83. The fraction of sp³-hybridized carbons (Fsp3) is 0.615. The van der Waals surface area contributed by atoms with E-state index in [1.807, 2.05) is 12.4 Å². The van der Waals surface area contributed by atoms with Crippen LogP contribution < -0.4 is 0 Å². The maximum atomic E-state index is 5.63. The number of rotatable bonds is 8. The Kier molecular flexibility index (Phi) is 7.19. The molecule has 0 aromatic carbocycles. The Labute approximate surface area is 104 Å². The molecule has 0 saturated carbocycles. The third-order valence-corrected chi connectivity index (χ3v) is 2.89. The number of hydrogen-bond donors (Lipinski definition) is 0. The van der Waals surface area contributed by atoms with E-state index in [0.717, 1.165) is 25.4 Å². The molecule has 1 aromatic heterocycles. The number of nitrogens with zero attached hydrogens (tertiary/aromatic N) is 2. The number of halogens is 1. The summed E-state index contributed by atoms with van der Waals surface area (Å²) in [5.74, 6) is 0.798. The van der Waals surface area contributed by atoms with Gasteiger partial charge in [0.25, 0.3) is 0 Å². The predicted molar refractivity (Wildman–Crippen MR) is 69.8 cm³/mol. The molecular formula is C13H21ClN2. The Bertz CT molecular complexity index is 264. The first kappa shape index (κ1) is 13.5. The molecule has 0 aliphatic rings. The van der Waals surface area contributed by atoms with E-state index in [0.29, 0.717) is 0 Å². The van der Waals surface area contributed by atoms with Crippen molar-refractivity contribution >= 4 is 11.6 Å². The zero-order chi connectivity index (χ0) is 11.6. The molecule has 90 valence electrons. The van der Waals surface area contributed by atoms with Crippen LogP contribution in [0.2, 0.25) is 0 Å². The van der Waals surface area contributed by atoms with Gasteiger partial charge in [-0.25, -0.2) is 0 Å². The van der Waals surface area contributed by atoms with Gasteiger partial charge in [0, 0.05) is 24.8 Å². The molecule has 0 bridgehead atoms. The van der Waals surface area contributed by atoms with Crippen molar-refractivity contribution in [2.24, 2.45) is 0 Å². The molecule has 0 fully saturated rings. The van der Waals surface area contributed by atoms with E-state index in [1.165, 1.54) is 24.8 Å². The molecular weight excluding hydrogens is 220 g/mol. The second kappa shape index (κ2) is 8.54. The number of unbranched alkanes of at least 4 members (excludes halogenated alkanes) is 3. The minimum atomic E-state index is 0.798. The first-order valence-electron chi connectivity index (χ1n) is 5.96. The van der Waals surface area contributed by atoms with Crippen molar-refractivity contribution in [1.82, 2.24) is 9.88 Å². The highest BCUT2D eigenvalue weighted by Gasteiger charge is 1.99. The lowest BCUT2D eigenvalue weighted by Crippen LogP contribution is -2.19. The van der Waals surface area contributed by atoms with E-state index in [-0.39, 0.29) is 0 Å². The number of pyridine rings is 1. The van der Waals surface area contributed by atoms with E-state index in [1.54, 1.807) is 0 Å². The molecule has 16 heavy (non-hydrogen) atoms. The zero-order valence-corrected chi connectivity index (χ0v) is 10.8. The van der Waals surface area contributed by atoms with Gasteiger partial charge in [-0.3, -0.25) is 4.98 Å². The van der Waals surface area contributed by atoms with Crippen molar-refractivity contribution in [1.29, 1.82) is 0 Å². The summed E-state index contributed by atoms with van der Waals surface area (Å²) in [5.41, 5.74) is 1.33. The summed E-state index contributed by atoms with van der Waals surface area (Å²) in [6.45, 7) is 2.17. The first-order valence-corrected chi connectivity index (χ1v) is 6.50. The summed E-state index contributed by atoms with van der Waals surface area (Å²) < 4.78 is 0. The van der Waals surface area contributed by atoms with Gasteiger partial charge in [-0.2, -0.15) is 0 Å². The molecule has 0 saturated heterocycles. The van der Waals surface area contributed by atoms with Crippen LogP contribution in [0, 0.1) is 0 Å². The summed E-state index contributed by atoms with van der Waals surface area (Å²) >= 11 is 5.63. The van der Waals surface area contributed by atoms with Crippen LogP contribution in [0.25, 0.3) is 0 Å². The lowest BCUT2D eigenvalue weighted by atomic mass is 10.2. The average molecular weight is 241 g/mol. The standard InChI is InChI=1S/C13H21ClN2/c1-16(11-5-3-2-4-8-14)12-13-6-9-15-10-7-13/h6-7,9-10H,2-5,8,11-12H2,1H3. The minimum Gasteiger partial charge on any atom is -0.302 e. The van der Waals surface area contributed by atoms with Crippen molar-refractivity contribution in [2.75, 3.05) is 19.5 Å². The molecule has 0 N–H and O–H groups in total. The van der Waals surface area contributed by atoms with Gasteiger partial charge < -0.3 is 4.90 Å². The largest absolute Gasteiger partial charge is 0.302 e. The normalized spacial score (nSPS) is 10.9. The SMILES string of the molecule is CN(CCCCCCCl)Cc1ccncc1. The fourth-order valence-corrected chi connectivity index (χ4v) is 1.90. The Morgan fingerprint density at radius 2 is 1.81 bits per heavy atom. The number of hydrogen-bond acceptors (Lipinski definition) is 2. The molecule has 2 nitrogen and oxygen atoms in total.